The number of carbonyl (C=O) groups excluding carboxylic acids is 1. The minimum absolute atomic E-state index is 0.209. The van der Waals surface area contributed by atoms with E-state index < -0.39 is 17.7 Å². The Morgan fingerprint density at radius 1 is 1.33 bits per heavy atom. The van der Waals surface area contributed by atoms with Crippen LogP contribution in [0.3, 0.4) is 0 Å². The van der Waals surface area contributed by atoms with Crippen LogP contribution in [0.1, 0.15) is 19.4 Å². The van der Waals surface area contributed by atoms with Gasteiger partial charge in [-0.3, -0.25) is 4.79 Å². The zero-order valence-corrected chi connectivity index (χ0v) is 11.6. The van der Waals surface area contributed by atoms with Crippen molar-refractivity contribution >= 4 is 11.6 Å². The van der Waals surface area contributed by atoms with Gasteiger partial charge in [0.15, 0.2) is 0 Å². The molecule has 0 heterocycles. The van der Waals surface area contributed by atoms with Crippen LogP contribution < -0.4 is 5.43 Å². The van der Waals surface area contributed by atoms with E-state index in [4.69, 9.17) is 4.74 Å². The molecule has 0 fully saturated rings. The second-order valence-corrected chi connectivity index (χ2v) is 4.28. The van der Waals surface area contributed by atoms with E-state index in [0.717, 1.165) is 12.1 Å². The van der Waals surface area contributed by atoms with E-state index in [1.54, 1.807) is 6.92 Å². The fourth-order valence-electron chi connectivity index (χ4n) is 1.33. The third kappa shape index (κ3) is 5.90. The Balaban J connectivity index is 2.52. The molecule has 21 heavy (non-hydrogen) atoms. The van der Waals surface area contributed by atoms with Crippen molar-refractivity contribution in [1.29, 1.82) is 0 Å². The number of amides is 1. The molecule has 0 radical (unpaired) electrons. The maximum absolute atomic E-state index is 12.3. The minimum atomic E-state index is -4.39. The van der Waals surface area contributed by atoms with E-state index in [1.807, 2.05) is 6.92 Å². The number of rotatable bonds is 6. The third-order valence-corrected chi connectivity index (χ3v) is 2.54. The normalized spacial score (nSPS) is 13.4. The van der Waals surface area contributed by atoms with Crippen LogP contribution in [0, 0.1) is 5.92 Å². The molecule has 1 amide bonds. The Labute approximate surface area is 120 Å². The molecule has 116 valence electrons. The summed E-state index contributed by atoms with van der Waals surface area (Å²) in [5, 5.41) is 7.07. The van der Waals surface area contributed by atoms with E-state index in [-0.39, 0.29) is 18.2 Å². The molecule has 0 aliphatic carbocycles. The molecule has 0 aromatic heterocycles. The number of halogens is 3. The fraction of sp³-hybridized carbons (Fsp3) is 0.462. The second-order valence-electron chi connectivity index (χ2n) is 4.28. The fourth-order valence-corrected chi connectivity index (χ4v) is 1.33. The van der Waals surface area contributed by atoms with Crippen molar-refractivity contribution in [3.8, 4) is 0 Å². The highest BCUT2D eigenvalue weighted by molar-refractivity contribution is 5.77. The summed E-state index contributed by atoms with van der Waals surface area (Å²) in [6.45, 7) is 4.25. The molecule has 0 saturated heterocycles. The zero-order valence-electron chi connectivity index (χ0n) is 11.6. The number of nitrogens with zero attached hydrogens (tertiary/aromatic N) is 2. The van der Waals surface area contributed by atoms with Gasteiger partial charge < -0.3 is 4.74 Å². The number of carbonyl (C=O) groups is 1. The first kappa shape index (κ1) is 17.1. The number of nitrogens with one attached hydrogen (secondary N) is 1. The predicted octanol–water partition coefficient (Wildman–Crippen LogP) is 3.49. The van der Waals surface area contributed by atoms with Crippen LogP contribution in [0.25, 0.3) is 0 Å². The third-order valence-electron chi connectivity index (χ3n) is 2.54. The first-order chi connectivity index (χ1) is 9.84. The van der Waals surface area contributed by atoms with Gasteiger partial charge in [0.1, 0.15) is 0 Å². The summed E-state index contributed by atoms with van der Waals surface area (Å²) in [5.74, 6) is -0.768. The van der Waals surface area contributed by atoms with Gasteiger partial charge in [-0.05, 0) is 31.2 Å². The SMILES string of the molecule is CCOCC(C)C(=O)NN=Nc1ccc(C(F)(F)F)cc1. The summed E-state index contributed by atoms with van der Waals surface area (Å²) < 4.78 is 42.1. The first-order valence-electron chi connectivity index (χ1n) is 6.30. The van der Waals surface area contributed by atoms with Crippen LogP contribution in [-0.4, -0.2) is 19.1 Å². The molecule has 1 unspecified atom stereocenters. The lowest BCUT2D eigenvalue weighted by molar-refractivity contribution is -0.137. The number of benzene rings is 1. The van der Waals surface area contributed by atoms with Crippen molar-refractivity contribution in [1.82, 2.24) is 5.43 Å². The Morgan fingerprint density at radius 3 is 2.48 bits per heavy atom. The summed E-state index contributed by atoms with van der Waals surface area (Å²) in [6, 6.07) is 4.13. The van der Waals surface area contributed by atoms with Crippen LogP contribution in [0.15, 0.2) is 34.6 Å². The number of hydrogen-bond donors (Lipinski definition) is 1. The summed E-state index contributed by atoms with van der Waals surface area (Å²) in [6.07, 6.45) is -4.39. The topological polar surface area (TPSA) is 63.0 Å². The molecule has 1 aromatic carbocycles. The average Bonchev–Trinajstić information content (AvgIpc) is 2.44. The molecule has 1 rings (SSSR count). The Morgan fingerprint density at radius 2 is 1.95 bits per heavy atom. The van der Waals surface area contributed by atoms with Gasteiger partial charge in [-0.2, -0.15) is 13.2 Å². The van der Waals surface area contributed by atoms with Gasteiger partial charge in [-0.15, -0.1) is 5.11 Å². The van der Waals surface area contributed by atoms with Crippen LogP contribution in [-0.2, 0) is 15.7 Å². The largest absolute Gasteiger partial charge is 0.416 e. The Bertz CT molecular complexity index is 486. The molecule has 8 heteroatoms. The first-order valence-corrected chi connectivity index (χ1v) is 6.30. The summed E-state index contributed by atoms with van der Waals surface area (Å²) in [7, 11) is 0. The van der Waals surface area contributed by atoms with Crippen molar-refractivity contribution in [2.45, 2.75) is 20.0 Å². The highest BCUT2D eigenvalue weighted by Gasteiger charge is 2.29. The van der Waals surface area contributed by atoms with Gasteiger partial charge in [-0.1, -0.05) is 12.1 Å². The van der Waals surface area contributed by atoms with Crippen LogP contribution >= 0.6 is 0 Å². The minimum Gasteiger partial charge on any atom is -0.381 e. The standard InChI is InChI=1S/C13H16F3N3O2/c1-3-21-8-9(2)12(20)18-19-17-11-6-4-10(5-7-11)13(14,15)16/h4-7,9H,3,8H2,1-2H3,(H,17,18,20). The van der Waals surface area contributed by atoms with Gasteiger partial charge in [0.2, 0.25) is 5.91 Å². The zero-order chi connectivity index (χ0) is 15.9. The molecule has 0 bridgehead atoms. The summed E-state index contributed by atoms with van der Waals surface area (Å²) in [5.41, 5.74) is 1.64. The summed E-state index contributed by atoms with van der Waals surface area (Å²) >= 11 is 0. The van der Waals surface area contributed by atoms with Crippen molar-refractivity contribution in [2.75, 3.05) is 13.2 Å². The van der Waals surface area contributed by atoms with Crippen LogP contribution in [0.4, 0.5) is 18.9 Å². The van der Waals surface area contributed by atoms with Gasteiger partial charge in [-0.25, -0.2) is 5.43 Å². The summed E-state index contributed by atoms with van der Waals surface area (Å²) in [4.78, 5) is 11.5. The highest BCUT2D eigenvalue weighted by atomic mass is 19.4. The molecule has 1 N–H and O–H groups in total. The second kappa shape index (κ2) is 7.72. The van der Waals surface area contributed by atoms with Crippen LogP contribution in [0.5, 0.6) is 0 Å². The smallest absolute Gasteiger partial charge is 0.381 e. The molecule has 0 saturated carbocycles. The average molecular weight is 303 g/mol. The lowest BCUT2D eigenvalue weighted by Gasteiger charge is -2.08. The van der Waals surface area contributed by atoms with Crippen molar-refractivity contribution in [3.63, 3.8) is 0 Å². The van der Waals surface area contributed by atoms with Crippen molar-refractivity contribution in [2.24, 2.45) is 16.3 Å². The lowest BCUT2D eigenvalue weighted by Crippen LogP contribution is -2.27. The van der Waals surface area contributed by atoms with Crippen molar-refractivity contribution < 1.29 is 22.7 Å². The van der Waals surface area contributed by atoms with Gasteiger partial charge in [0.05, 0.1) is 23.8 Å². The maximum atomic E-state index is 12.3. The maximum Gasteiger partial charge on any atom is 0.416 e. The highest BCUT2D eigenvalue weighted by Crippen LogP contribution is 2.30. The lowest BCUT2D eigenvalue weighted by atomic mass is 10.2. The van der Waals surface area contributed by atoms with E-state index >= 15 is 0 Å². The van der Waals surface area contributed by atoms with Gasteiger partial charge in [0, 0.05) is 6.61 Å². The van der Waals surface area contributed by atoms with Crippen LogP contribution in [0.2, 0.25) is 0 Å². The monoisotopic (exact) mass is 303 g/mol. The molecular weight excluding hydrogens is 287 g/mol. The Hall–Kier alpha value is -1.96. The molecule has 0 aliphatic heterocycles. The quantitative estimate of drug-likeness (QED) is 0.646. The van der Waals surface area contributed by atoms with E-state index in [0.29, 0.717) is 6.61 Å². The number of ether oxygens (including phenoxy) is 1. The molecular formula is C13H16F3N3O2. The van der Waals surface area contributed by atoms with Crippen molar-refractivity contribution in [3.05, 3.63) is 29.8 Å². The molecule has 1 aromatic rings. The predicted molar refractivity (Wildman–Crippen MR) is 69.8 cm³/mol. The van der Waals surface area contributed by atoms with E-state index in [2.05, 4.69) is 15.8 Å². The van der Waals surface area contributed by atoms with Gasteiger partial charge >= 0.3 is 6.18 Å². The molecule has 0 spiro atoms. The molecule has 0 aliphatic rings. The molecule has 5 nitrogen and oxygen atoms in total. The Kier molecular flexibility index (Phi) is 6.29. The van der Waals surface area contributed by atoms with E-state index in [1.165, 1.54) is 12.1 Å². The van der Waals surface area contributed by atoms with Gasteiger partial charge in [0.25, 0.3) is 0 Å². The number of hydrogen-bond acceptors (Lipinski definition) is 4. The number of alkyl halides is 3. The van der Waals surface area contributed by atoms with E-state index in [9.17, 15) is 18.0 Å². The molecule has 1 atom stereocenters.